The molecular weight excluding hydrogens is 432 g/mol. The van der Waals surface area contributed by atoms with E-state index in [1.807, 2.05) is 42.5 Å². The van der Waals surface area contributed by atoms with E-state index >= 15 is 0 Å². The van der Waals surface area contributed by atoms with Gasteiger partial charge in [-0.2, -0.15) is 0 Å². The van der Waals surface area contributed by atoms with Gasteiger partial charge in [0.05, 0.1) is 11.8 Å². The van der Waals surface area contributed by atoms with E-state index in [-0.39, 0.29) is 0 Å². The second kappa shape index (κ2) is 9.58. The molecule has 1 aromatic heterocycles. The van der Waals surface area contributed by atoms with Crippen molar-refractivity contribution < 1.29 is 8.42 Å². The lowest BCUT2D eigenvalue weighted by Gasteiger charge is -2.22. The van der Waals surface area contributed by atoms with Crippen LogP contribution in [0.2, 0.25) is 0 Å². The lowest BCUT2D eigenvalue weighted by molar-refractivity contribution is 0.516. The van der Waals surface area contributed by atoms with E-state index in [9.17, 15) is 8.42 Å². The highest BCUT2D eigenvalue weighted by molar-refractivity contribution is 7.92. The Labute approximate surface area is 195 Å². The number of nitrogens with zero attached hydrogens (tertiary/aromatic N) is 2. The molecule has 33 heavy (non-hydrogen) atoms. The van der Waals surface area contributed by atoms with Crippen molar-refractivity contribution in [2.24, 2.45) is 5.92 Å². The maximum absolute atomic E-state index is 11.5. The van der Waals surface area contributed by atoms with Crippen LogP contribution in [0.15, 0.2) is 78.9 Å². The normalized spacial score (nSPS) is 12.6. The molecule has 0 radical (unpaired) electrons. The first-order valence-corrected chi connectivity index (χ1v) is 12.8. The number of aromatic nitrogens is 2. The maximum atomic E-state index is 11.5. The number of rotatable bonds is 8. The van der Waals surface area contributed by atoms with Gasteiger partial charge in [-0.25, -0.2) is 18.4 Å². The van der Waals surface area contributed by atoms with Crippen molar-refractivity contribution >= 4 is 32.4 Å². The maximum Gasteiger partial charge on any atom is 0.229 e. The number of hydrogen-bond acceptors (Lipinski definition) is 5. The number of nitrogens with one attached hydrogen (secondary N) is 2. The lowest BCUT2D eigenvalue weighted by Crippen LogP contribution is -2.18. The SMILES string of the molecule is CC(C)C(CNc1nc(-c2ccc(NS(C)(=O)=O)cc2)nc2ccccc12)c1ccccc1. The van der Waals surface area contributed by atoms with Crippen molar-refractivity contribution in [1.82, 2.24) is 9.97 Å². The molecule has 3 aromatic carbocycles. The molecule has 0 bridgehead atoms. The summed E-state index contributed by atoms with van der Waals surface area (Å²) in [7, 11) is -3.33. The monoisotopic (exact) mass is 460 g/mol. The first kappa shape index (κ1) is 22.7. The zero-order valence-corrected chi connectivity index (χ0v) is 19.8. The van der Waals surface area contributed by atoms with Crippen molar-refractivity contribution in [2.75, 3.05) is 22.8 Å². The van der Waals surface area contributed by atoms with E-state index in [4.69, 9.17) is 9.97 Å². The summed E-state index contributed by atoms with van der Waals surface area (Å²) in [6.07, 6.45) is 1.13. The molecule has 2 N–H and O–H groups in total. The van der Waals surface area contributed by atoms with E-state index in [1.54, 1.807) is 12.1 Å². The fourth-order valence-electron chi connectivity index (χ4n) is 3.89. The molecule has 7 heteroatoms. The zero-order chi connectivity index (χ0) is 23.4. The number of sulfonamides is 1. The molecule has 0 saturated heterocycles. The predicted octanol–water partition coefficient (Wildman–Crippen LogP) is 5.52. The van der Waals surface area contributed by atoms with Gasteiger partial charge in [0.15, 0.2) is 5.82 Å². The van der Waals surface area contributed by atoms with Gasteiger partial charge in [-0.1, -0.05) is 56.3 Å². The molecule has 4 rings (SSSR count). The summed E-state index contributed by atoms with van der Waals surface area (Å²) in [5.74, 6) is 2.17. The van der Waals surface area contributed by atoms with Gasteiger partial charge in [0.1, 0.15) is 5.82 Å². The first-order valence-electron chi connectivity index (χ1n) is 10.9. The molecule has 0 aliphatic heterocycles. The van der Waals surface area contributed by atoms with Gasteiger partial charge in [-0.3, -0.25) is 4.72 Å². The third-order valence-corrected chi connectivity index (χ3v) is 6.18. The van der Waals surface area contributed by atoms with Gasteiger partial charge in [0.2, 0.25) is 10.0 Å². The molecular formula is C26H28N4O2S. The number of hydrogen-bond donors (Lipinski definition) is 2. The smallest absolute Gasteiger partial charge is 0.229 e. The second-order valence-electron chi connectivity index (χ2n) is 8.51. The second-order valence-corrected chi connectivity index (χ2v) is 10.3. The Kier molecular flexibility index (Phi) is 6.60. The molecule has 4 aromatic rings. The quantitative estimate of drug-likeness (QED) is 0.362. The van der Waals surface area contributed by atoms with Crippen LogP contribution in [0.4, 0.5) is 11.5 Å². The Morgan fingerprint density at radius 3 is 2.18 bits per heavy atom. The minimum absolute atomic E-state index is 0.338. The molecule has 0 spiro atoms. The van der Waals surface area contributed by atoms with Gasteiger partial charge in [-0.05, 0) is 47.9 Å². The zero-order valence-electron chi connectivity index (χ0n) is 19.0. The highest BCUT2D eigenvalue weighted by Gasteiger charge is 2.17. The van der Waals surface area contributed by atoms with Gasteiger partial charge in [0.25, 0.3) is 0 Å². The van der Waals surface area contributed by atoms with E-state index in [0.717, 1.165) is 35.1 Å². The summed E-state index contributed by atoms with van der Waals surface area (Å²) in [5, 5.41) is 4.54. The van der Waals surface area contributed by atoms with Crippen molar-refractivity contribution in [3.8, 4) is 11.4 Å². The third kappa shape index (κ3) is 5.68. The van der Waals surface area contributed by atoms with Gasteiger partial charge >= 0.3 is 0 Å². The number of fused-ring (bicyclic) bond motifs is 1. The van der Waals surface area contributed by atoms with Crippen LogP contribution in [0.25, 0.3) is 22.3 Å². The molecule has 6 nitrogen and oxygen atoms in total. The molecule has 1 heterocycles. The Hall–Kier alpha value is -3.45. The summed E-state index contributed by atoms with van der Waals surface area (Å²) >= 11 is 0. The van der Waals surface area contributed by atoms with Crippen LogP contribution in [0.1, 0.15) is 25.3 Å². The number of benzene rings is 3. The Bertz CT molecular complexity index is 1340. The van der Waals surface area contributed by atoms with Crippen molar-refractivity contribution in [1.29, 1.82) is 0 Å². The standard InChI is InChI=1S/C26H28N4O2S/c1-18(2)23(19-9-5-4-6-10-19)17-27-26-22-11-7-8-12-24(22)28-25(29-26)20-13-15-21(16-14-20)30-33(3,31)32/h4-16,18,23,30H,17H2,1-3H3,(H,27,28,29). The van der Waals surface area contributed by atoms with Crippen molar-refractivity contribution in [3.05, 3.63) is 84.4 Å². The van der Waals surface area contributed by atoms with Crippen LogP contribution in [-0.4, -0.2) is 31.2 Å². The van der Waals surface area contributed by atoms with Crippen LogP contribution in [-0.2, 0) is 10.0 Å². The predicted molar refractivity (Wildman–Crippen MR) is 136 cm³/mol. The Morgan fingerprint density at radius 1 is 0.848 bits per heavy atom. The Morgan fingerprint density at radius 2 is 1.52 bits per heavy atom. The van der Waals surface area contributed by atoms with E-state index in [2.05, 4.69) is 48.2 Å². The minimum atomic E-state index is -3.33. The number of anilines is 2. The van der Waals surface area contributed by atoms with Crippen LogP contribution < -0.4 is 10.0 Å². The molecule has 0 aliphatic rings. The fraction of sp³-hybridized carbons (Fsp3) is 0.231. The lowest BCUT2D eigenvalue weighted by atomic mass is 9.88. The van der Waals surface area contributed by atoms with Crippen LogP contribution >= 0.6 is 0 Å². The molecule has 1 unspecified atom stereocenters. The summed E-state index contributed by atoms with van der Waals surface area (Å²) in [6.45, 7) is 5.21. The molecule has 0 amide bonds. The average Bonchev–Trinajstić information content (AvgIpc) is 2.79. The van der Waals surface area contributed by atoms with Gasteiger partial charge in [-0.15, -0.1) is 0 Å². The van der Waals surface area contributed by atoms with E-state index in [0.29, 0.717) is 23.3 Å². The van der Waals surface area contributed by atoms with Crippen LogP contribution in [0, 0.1) is 5.92 Å². The van der Waals surface area contributed by atoms with Gasteiger partial charge in [0, 0.05) is 29.1 Å². The molecule has 0 aliphatic carbocycles. The first-order chi connectivity index (χ1) is 15.8. The average molecular weight is 461 g/mol. The fourth-order valence-corrected chi connectivity index (χ4v) is 4.45. The van der Waals surface area contributed by atoms with E-state index < -0.39 is 10.0 Å². The number of para-hydroxylation sites is 1. The van der Waals surface area contributed by atoms with Crippen molar-refractivity contribution in [2.45, 2.75) is 19.8 Å². The largest absolute Gasteiger partial charge is 0.369 e. The van der Waals surface area contributed by atoms with E-state index in [1.165, 1.54) is 5.56 Å². The Balaban J connectivity index is 1.66. The summed E-state index contributed by atoms with van der Waals surface area (Å²) in [4.78, 5) is 9.58. The van der Waals surface area contributed by atoms with Crippen molar-refractivity contribution in [3.63, 3.8) is 0 Å². The van der Waals surface area contributed by atoms with Crippen LogP contribution in [0.5, 0.6) is 0 Å². The van der Waals surface area contributed by atoms with Crippen LogP contribution in [0.3, 0.4) is 0 Å². The molecule has 0 saturated carbocycles. The molecule has 1 atom stereocenters. The van der Waals surface area contributed by atoms with Gasteiger partial charge < -0.3 is 5.32 Å². The summed E-state index contributed by atoms with van der Waals surface area (Å²) in [6, 6.07) is 25.5. The highest BCUT2D eigenvalue weighted by atomic mass is 32.2. The minimum Gasteiger partial charge on any atom is -0.369 e. The molecule has 0 fully saturated rings. The third-order valence-electron chi connectivity index (χ3n) is 5.57. The topological polar surface area (TPSA) is 84.0 Å². The summed E-state index contributed by atoms with van der Waals surface area (Å²) < 4.78 is 25.4. The highest BCUT2D eigenvalue weighted by Crippen LogP contribution is 2.29. The molecule has 170 valence electrons. The summed E-state index contributed by atoms with van der Waals surface area (Å²) in [5.41, 5.74) is 3.46.